The first-order valence-electron chi connectivity index (χ1n) is 8.09. The molecule has 0 rings (SSSR count). The molecule has 0 aliphatic rings. The molecule has 0 aromatic carbocycles. The molecular weight excluding hydrogens is 272 g/mol. The first-order valence-corrected chi connectivity index (χ1v) is 11.4. The van der Waals surface area contributed by atoms with Crippen LogP contribution in [0.15, 0.2) is 0 Å². The molecule has 0 aromatic rings. The SMILES string of the molecule is CCCCOCCCN(P(CC)CC)P(CC)CC. The van der Waals surface area contributed by atoms with Gasteiger partial charge < -0.3 is 4.74 Å². The third-order valence-electron chi connectivity index (χ3n) is 3.40. The number of ether oxygens (including phenoxy) is 1. The molecule has 0 atom stereocenters. The standard InChI is InChI=1S/C15H35NOP2/c1-6-11-14-17-15-12-13-16(18(7-2)8-3)19(9-4)10-5/h6-15H2,1-5H3. The van der Waals surface area contributed by atoms with E-state index in [4.69, 9.17) is 4.74 Å². The minimum atomic E-state index is 0.108. The lowest BCUT2D eigenvalue weighted by atomic mass is 10.4. The van der Waals surface area contributed by atoms with Gasteiger partial charge in [-0.3, -0.25) is 4.44 Å². The van der Waals surface area contributed by atoms with Crippen LogP contribution in [0.1, 0.15) is 53.9 Å². The number of hydrogen-bond donors (Lipinski definition) is 0. The van der Waals surface area contributed by atoms with Crippen molar-refractivity contribution in [3.8, 4) is 0 Å². The van der Waals surface area contributed by atoms with E-state index in [1.165, 1.54) is 50.5 Å². The van der Waals surface area contributed by atoms with Gasteiger partial charge in [-0.25, -0.2) is 0 Å². The van der Waals surface area contributed by atoms with Crippen LogP contribution in [-0.4, -0.2) is 48.8 Å². The molecule has 0 fully saturated rings. The molecule has 0 unspecified atom stereocenters. The average Bonchev–Trinajstić information content (AvgIpc) is 2.44. The van der Waals surface area contributed by atoms with Gasteiger partial charge in [-0.05, 0) is 53.6 Å². The summed E-state index contributed by atoms with van der Waals surface area (Å²) in [6.45, 7) is 14.8. The van der Waals surface area contributed by atoms with Crippen molar-refractivity contribution in [3.05, 3.63) is 0 Å². The van der Waals surface area contributed by atoms with Crippen LogP contribution in [0.2, 0.25) is 0 Å². The van der Waals surface area contributed by atoms with Crippen molar-refractivity contribution >= 4 is 16.1 Å². The fourth-order valence-corrected chi connectivity index (χ4v) is 8.22. The van der Waals surface area contributed by atoms with Gasteiger partial charge in [0.15, 0.2) is 0 Å². The zero-order valence-corrected chi connectivity index (χ0v) is 15.6. The summed E-state index contributed by atoms with van der Waals surface area (Å²) in [5.74, 6) is 0. The Morgan fingerprint density at radius 3 is 1.63 bits per heavy atom. The highest BCUT2D eigenvalue weighted by atomic mass is 31.2. The monoisotopic (exact) mass is 307 g/mol. The van der Waals surface area contributed by atoms with Crippen molar-refractivity contribution in [2.45, 2.75) is 53.9 Å². The van der Waals surface area contributed by atoms with Crippen LogP contribution in [0.3, 0.4) is 0 Å². The van der Waals surface area contributed by atoms with Gasteiger partial charge in [0.1, 0.15) is 0 Å². The van der Waals surface area contributed by atoms with E-state index in [-0.39, 0.29) is 16.1 Å². The van der Waals surface area contributed by atoms with Gasteiger partial charge in [-0.2, -0.15) is 0 Å². The molecule has 0 heterocycles. The summed E-state index contributed by atoms with van der Waals surface area (Å²) in [7, 11) is 0.217. The van der Waals surface area contributed by atoms with Gasteiger partial charge in [-0.1, -0.05) is 41.0 Å². The largest absolute Gasteiger partial charge is 0.381 e. The summed E-state index contributed by atoms with van der Waals surface area (Å²) in [6.07, 6.45) is 9.05. The molecule has 0 radical (unpaired) electrons. The third-order valence-corrected chi connectivity index (χ3v) is 9.55. The van der Waals surface area contributed by atoms with Gasteiger partial charge in [0.2, 0.25) is 0 Å². The summed E-state index contributed by atoms with van der Waals surface area (Å²) in [5.41, 5.74) is 0. The molecular formula is C15H35NOP2. The predicted octanol–water partition coefficient (Wildman–Crippen LogP) is 5.37. The van der Waals surface area contributed by atoms with Crippen LogP contribution in [-0.2, 0) is 4.74 Å². The minimum absolute atomic E-state index is 0.108. The summed E-state index contributed by atoms with van der Waals surface area (Å²) in [4.78, 5) is 0. The maximum Gasteiger partial charge on any atom is 0.0478 e. The van der Waals surface area contributed by atoms with Crippen molar-refractivity contribution in [1.29, 1.82) is 0 Å². The maximum atomic E-state index is 5.71. The van der Waals surface area contributed by atoms with Crippen molar-refractivity contribution in [2.24, 2.45) is 0 Å². The molecule has 0 aliphatic carbocycles. The zero-order valence-electron chi connectivity index (χ0n) is 13.8. The van der Waals surface area contributed by atoms with Gasteiger partial charge in [0.25, 0.3) is 0 Å². The quantitative estimate of drug-likeness (QED) is 0.335. The smallest absolute Gasteiger partial charge is 0.0478 e. The molecule has 0 N–H and O–H groups in total. The second-order valence-electron chi connectivity index (χ2n) is 4.69. The van der Waals surface area contributed by atoms with Crippen LogP contribution in [0.5, 0.6) is 0 Å². The minimum Gasteiger partial charge on any atom is -0.381 e. The second kappa shape index (κ2) is 13.7. The number of unbranched alkanes of at least 4 members (excludes halogenated alkanes) is 1. The van der Waals surface area contributed by atoms with Crippen LogP contribution < -0.4 is 0 Å². The number of hydrogen-bond acceptors (Lipinski definition) is 2. The van der Waals surface area contributed by atoms with Gasteiger partial charge >= 0.3 is 0 Å². The number of rotatable bonds is 13. The Bertz CT molecular complexity index is 173. The molecule has 19 heavy (non-hydrogen) atoms. The van der Waals surface area contributed by atoms with Crippen LogP contribution in [0.4, 0.5) is 0 Å². The van der Waals surface area contributed by atoms with Crippen molar-refractivity contribution in [3.63, 3.8) is 0 Å². The van der Waals surface area contributed by atoms with E-state index < -0.39 is 0 Å². The van der Waals surface area contributed by atoms with E-state index in [9.17, 15) is 0 Å². The summed E-state index contributed by atoms with van der Waals surface area (Å²) in [5, 5.41) is 0. The van der Waals surface area contributed by atoms with Crippen LogP contribution >= 0.6 is 16.1 Å². The van der Waals surface area contributed by atoms with E-state index in [1.807, 2.05) is 0 Å². The molecule has 2 nitrogen and oxygen atoms in total. The highest BCUT2D eigenvalue weighted by molar-refractivity contribution is 7.70. The Kier molecular flexibility index (Phi) is 14.3. The van der Waals surface area contributed by atoms with E-state index in [1.54, 1.807) is 0 Å². The Morgan fingerprint density at radius 1 is 0.737 bits per heavy atom. The van der Waals surface area contributed by atoms with E-state index >= 15 is 0 Å². The molecule has 0 saturated heterocycles. The topological polar surface area (TPSA) is 12.5 Å². The summed E-state index contributed by atoms with van der Waals surface area (Å²) in [6, 6.07) is 0. The fraction of sp³-hybridized carbons (Fsp3) is 1.00. The second-order valence-corrected chi connectivity index (χ2v) is 10.5. The lowest BCUT2D eigenvalue weighted by Gasteiger charge is -2.37. The predicted molar refractivity (Wildman–Crippen MR) is 93.1 cm³/mol. The van der Waals surface area contributed by atoms with E-state index in [0.29, 0.717) is 0 Å². The molecule has 116 valence electrons. The summed E-state index contributed by atoms with van der Waals surface area (Å²) >= 11 is 0. The molecule has 4 heteroatoms. The van der Waals surface area contributed by atoms with Crippen molar-refractivity contribution < 1.29 is 4.74 Å². The molecule has 0 amide bonds. The maximum absolute atomic E-state index is 5.71. The average molecular weight is 307 g/mol. The Labute approximate surface area is 124 Å². The Hall–Kier alpha value is 0.780. The Balaban J connectivity index is 4.11. The van der Waals surface area contributed by atoms with Gasteiger partial charge in [0, 0.05) is 19.8 Å². The normalized spacial score (nSPS) is 12.0. The highest BCUT2D eigenvalue weighted by Crippen LogP contribution is 2.55. The molecule has 0 saturated carbocycles. The lowest BCUT2D eigenvalue weighted by Crippen LogP contribution is -2.19. The van der Waals surface area contributed by atoms with E-state index in [2.05, 4.69) is 39.1 Å². The van der Waals surface area contributed by atoms with Crippen molar-refractivity contribution in [1.82, 2.24) is 4.44 Å². The summed E-state index contributed by atoms with van der Waals surface area (Å²) < 4.78 is 8.58. The highest BCUT2D eigenvalue weighted by Gasteiger charge is 2.20. The lowest BCUT2D eigenvalue weighted by molar-refractivity contribution is 0.128. The Morgan fingerprint density at radius 2 is 1.21 bits per heavy atom. The molecule has 0 bridgehead atoms. The first-order chi connectivity index (χ1) is 9.24. The van der Waals surface area contributed by atoms with Gasteiger partial charge in [0.05, 0.1) is 0 Å². The first kappa shape index (κ1) is 19.8. The molecule has 0 aromatic heterocycles. The molecule has 0 aliphatic heterocycles. The molecule has 0 spiro atoms. The van der Waals surface area contributed by atoms with Crippen LogP contribution in [0.25, 0.3) is 0 Å². The van der Waals surface area contributed by atoms with E-state index in [0.717, 1.165) is 13.2 Å². The van der Waals surface area contributed by atoms with Crippen molar-refractivity contribution in [2.75, 3.05) is 44.4 Å². The third kappa shape index (κ3) is 8.61. The zero-order chi connectivity index (χ0) is 14.5. The fourth-order valence-electron chi connectivity index (χ4n) is 2.22. The number of nitrogens with zero attached hydrogens (tertiary/aromatic N) is 1. The van der Waals surface area contributed by atoms with Crippen LogP contribution in [0, 0.1) is 0 Å². The van der Waals surface area contributed by atoms with Gasteiger partial charge in [-0.15, -0.1) is 0 Å².